The average molecular weight is 893 g/mol. The summed E-state index contributed by atoms with van der Waals surface area (Å²) in [5.41, 5.74) is 5.26. The Bertz CT molecular complexity index is 3070. The zero-order chi connectivity index (χ0) is 46.0. The molecule has 1 unspecified atom stereocenters. The van der Waals surface area contributed by atoms with Gasteiger partial charge in [0.25, 0.3) is 17.7 Å². The molecule has 6 aromatic rings. The molecule has 7 heterocycles. The third-order valence-corrected chi connectivity index (χ3v) is 12.5. The fraction of sp³-hybridized carbons (Fsp3) is 0.298. The van der Waals surface area contributed by atoms with Crippen molar-refractivity contribution in [1.82, 2.24) is 44.5 Å². The molecule has 4 aliphatic heterocycles. The minimum absolute atomic E-state index is 0.0143. The first kappa shape index (κ1) is 42.3. The van der Waals surface area contributed by atoms with E-state index < -0.39 is 41.3 Å². The van der Waals surface area contributed by atoms with Crippen LogP contribution in [0.1, 0.15) is 86.3 Å². The second-order valence-electron chi connectivity index (χ2n) is 17.1. The Balaban J connectivity index is 0.759. The molecule has 2 saturated heterocycles. The Kier molecular flexibility index (Phi) is 10.7. The number of rotatable bonds is 8. The van der Waals surface area contributed by atoms with Gasteiger partial charge < -0.3 is 14.8 Å². The number of piperazine rings is 1. The number of fused-ring (bicyclic) bond motifs is 4. The molecule has 2 fully saturated rings. The number of carbonyl (C=O) groups is 5. The molecule has 5 amide bonds. The molecule has 334 valence electrons. The van der Waals surface area contributed by atoms with Gasteiger partial charge in [0, 0.05) is 62.5 Å². The van der Waals surface area contributed by atoms with Crippen LogP contribution in [0.3, 0.4) is 0 Å². The molecule has 3 aromatic carbocycles. The highest BCUT2D eigenvalue weighted by atomic mass is 19.1. The van der Waals surface area contributed by atoms with E-state index >= 15 is 8.78 Å². The molecule has 4 aliphatic rings. The molecule has 3 aromatic heterocycles. The van der Waals surface area contributed by atoms with Crippen LogP contribution in [0.2, 0.25) is 0 Å². The van der Waals surface area contributed by atoms with E-state index in [0.29, 0.717) is 79.7 Å². The fourth-order valence-electron chi connectivity index (χ4n) is 9.17. The van der Waals surface area contributed by atoms with E-state index in [-0.39, 0.29) is 58.6 Å². The maximum absolute atomic E-state index is 15.2. The van der Waals surface area contributed by atoms with Crippen LogP contribution < -0.4 is 10.6 Å². The van der Waals surface area contributed by atoms with Crippen molar-refractivity contribution in [1.29, 1.82) is 0 Å². The van der Waals surface area contributed by atoms with Gasteiger partial charge in [0.15, 0.2) is 11.6 Å². The molecule has 1 atom stereocenters. The van der Waals surface area contributed by atoms with E-state index in [1.54, 1.807) is 43.5 Å². The molecule has 0 aliphatic carbocycles. The molecule has 17 nitrogen and oxygen atoms in total. The lowest BCUT2D eigenvalue weighted by Gasteiger charge is -2.34. The van der Waals surface area contributed by atoms with Gasteiger partial charge in [-0.25, -0.2) is 28.7 Å². The summed E-state index contributed by atoms with van der Waals surface area (Å²) in [7, 11) is 0. The third kappa shape index (κ3) is 7.73. The number of imidazole rings is 1. The second kappa shape index (κ2) is 16.7. The highest BCUT2D eigenvalue weighted by Crippen LogP contribution is 2.37. The number of halogens is 2. The molecule has 0 radical (unpaired) electrons. The van der Waals surface area contributed by atoms with Crippen molar-refractivity contribution < 1.29 is 32.8 Å². The number of nitrogens with one attached hydrogen (secondary N) is 2. The van der Waals surface area contributed by atoms with Crippen LogP contribution in [-0.2, 0) is 29.0 Å². The summed E-state index contributed by atoms with van der Waals surface area (Å²) in [4.78, 5) is 87.1. The molecule has 0 saturated carbocycles. The number of azo groups is 1. The van der Waals surface area contributed by atoms with Crippen molar-refractivity contribution in [3.05, 3.63) is 118 Å². The smallest absolute Gasteiger partial charge is 0.262 e. The van der Waals surface area contributed by atoms with E-state index in [1.807, 2.05) is 35.4 Å². The summed E-state index contributed by atoms with van der Waals surface area (Å²) in [6.45, 7) is 8.63. The van der Waals surface area contributed by atoms with Crippen molar-refractivity contribution in [3.63, 3.8) is 0 Å². The summed E-state index contributed by atoms with van der Waals surface area (Å²) in [6.07, 6.45) is 3.90. The van der Waals surface area contributed by atoms with Gasteiger partial charge in [0.2, 0.25) is 17.8 Å². The van der Waals surface area contributed by atoms with Gasteiger partial charge in [-0.1, -0.05) is 12.1 Å². The largest absolute Gasteiger partial charge is 0.336 e. The molecule has 66 heavy (non-hydrogen) atoms. The van der Waals surface area contributed by atoms with Gasteiger partial charge in [-0.05, 0) is 99.2 Å². The lowest BCUT2D eigenvalue weighted by atomic mass is 9.96. The zero-order valence-electron chi connectivity index (χ0n) is 36.1. The highest BCUT2D eigenvalue weighted by Gasteiger charge is 2.45. The van der Waals surface area contributed by atoms with Crippen LogP contribution in [-0.4, -0.2) is 101 Å². The van der Waals surface area contributed by atoms with Gasteiger partial charge >= 0.3 is 0 Å². The topological polar surface area (TPSA) is 200 Å². The lowest BCUT2D eigenvalue weighted by molar-refractivity contribution is -0.136. The normalized spacial score (nSPS) is 17.5. The van der Waals surface area contributed by atoms with Crippen molar-refractivity contribution in [2.24, 2.45) is 10.2 Å². The standard InChI is InChI=1S/C47H42F2N12O5/c1-24(2)60-25(3)52-42-33(48)17-30(19-38(42)60)41-34(49)22-51-47(55-41)53-39-10-4-26(21-50-39)23-58-12-14-59(15-13-58)44(64)29-8-6-27-5-7-28-16-31-32(20-36(28)57-56-35(27)18-29)46(66)61(45(31)65)37-9-11-40(62)54-43(37)63/h4,6,8,10,16-22,24,37H,5,7,9,11-15,23H2,1-3H3,(H,54,62,63)(H,50,51,53,55). The predicted octanol–water partition coefficient (Wildman–Crippen LogP) is 6.67. The Labute approximate surface area is 376 Å². The van der Waals surface area contributed by atoms with Crippen LogP contribution >= 0.6 is 0 Å². The number of imide groups is 2. The van der Waals surface area contributed by atoms with E-state index in [9.17, 15) is 24.0 Å². The van der Waals surface area contributed by atoms with E-state index in [1.165, 1.54) is 12.1 Å². The molecule has 2 N–H and O–H groups in total. The van der Waals surface area contributed by atoms with Gasteiger partial charge in [-0.15, -0.1) is 0 Å². The maximum atomic E-state index is 15.2. The number of hydrogen-bond donors (Lipinski definition) is 2. The molecular formula is C47H42F2N12O5. The van der Waals surface area contributed by atoms with E-state index in [0.717, 1.165) is 27.8 Å². The number of carbonyl (C=O) groups excluding carboxylic acids is 5. The van der Waals surface area contributed by atoms with E-state index in [2.05, 4.69) is 45.7 Å². The first-order valence-corrected chi connectivity index (χ1v) is 21.7. The molecule has 19 heteroatoms. The van der Waals surface area contributed by atoms with Gasteiger partial charge in [-0.2, -0.15) is 10.2 Å². The summed E-state index contributed by atoms with van der Waals surface area (Å²) in [6, 6.07) is 14.1. The number of aryl methyl sites for hydroxylation is 3. The average Bonchev–Trinajstić information content (AvgIpc) is 3.76. The van der Waals surface area contributed by atoms with Crippen LogP contribution in [0.25, 0.3) is 22.3 Å². The van der Waals surface area contributed by atoms with Gasteiger partial charge in [0.1, 0.15) is 28.9 Å². The van der Waals surface area contributed by atoms with Crippen LogP contribution in [0.15, 0.2) is 77.2 Å². The lowest BCUT2D eigenvalue weighted by Crippen LogP contribution is -2.54. The van der Waals surface area contributed by atoms with Crippen LogP contribution in [0, 0.1) is 18.6 Å². The minimum Gasteiger partial charge on any atom is -0.336 e. The Hall–Kier alpha value is -7.67. The quantitative estimate of drug-likeness (QED) is 0.155. The first-order valence-electron chi connectivity index (χ1n) is 21.7. The number of amides is 5. The van der Waals surface area contributed by atoms with Gasteiger partial charge in [-0.3, -0.25) is 39.1 Å². The number of hydrogen-bond acceptors (Lipinski definition) is 13. The monoisotopic (exact) mass is 892 g/mol. The van der Waals surface area contributed by atoms with Gasteiger partial charge in [0.05, 0.1) is 34.2 Å². The van der Waals surface area contributed by atoms with Crippen LogP contribution in [0.5, 0.6) is 0 Å². The SMILES string of the molecule is Cc1nc2c(F)cc(-c3nc(Nc4ccc(CN5CCN(C(=O)c6ccc7c(c6)N=Nc6cc8c(cc6CC7)C(=O)N(C6CCC(=O)NC6=O)C8=O)CC5)cn4)ncc3F)cc2n1C(C)C. The Morgan fingerprint density at radius 3 is 2.29 bits per heavy atom. The van der Waals surface area contributed by atoms with Crippen molar-refractivity contribution in [2.45, 2.75) is 65.1 Å². The number of nitrogens with zero attached hydrogens (tertiary/aromatic N) is 10. The molecular weight excluding hydrogens is 851 g/mol. The second-order valence-corrected chi connectivity index (χ2v) is 17.1. The number of piperidine rings is 1. The Morgan fingerprint density at radius 2 is 1.56 bits per heavy atom. The maximum Gasteiger partial charge on any atom is 0.262 e. The fourth-order valence-corrected chi connectivity index (χ4v) is 9.17. The predicted molar refractivity (Wildman–Crippen MR) is 236 cm³/mol. The van der Waals surface area contributed by atoms with E-state index in [4.69, 9.17) is 0 Å². The third-order valence-electron chi connectivity index (χ3n) is 12.5. The van der Waals surface area contributed by atoms with Crippen LogP contribution in [0.4, 0.5) is 31.9 Å². The number of aromatic nitrogens is 5. The highest BCUT2D eigenvalue weighted by molar-refractivity contribution is 6.24. The van der Waals surface area contributed by atoms with Crippen molar-refractivity contribution in [2.75, 3.05) is 31.5 Å². The first-order chi connectivity index (χ1) is 31.8. The summed E-state index contributed by atoms with van der Waals surface area (Å²) in [5, 5.41) is 14.2. The molecule has 0 bridgehead atoms. The summed E-state index contributed by atoms with van der Waals surface area (Å²) >= 11 is 0. The summed E-state index contributed by atoms with van der Waals surface area (Å²) < 4.78 is 32.2. The van der Waals surface area contributed by atoms with Crippen molar-refractivity contribution in [3.8, 4) is 11.3 Å². The molecule has 10 rings (SSSR count). The number of benzene rings is 3. The Morgan fingerprint density at radius 1 is 0.818 bits per heavy atom. The number of anilines is 2. The minimum atomic E-state index is -1.07. The molecule has 0 spiro atoms. The summed E-state index contributed by atoms with van der Waals surface area (Å²) in [5.74, 6) is -2.52. The van der Waals surface area contributed by atoms with Crippen molar-refractivity contribution >= 4 is 63.7 Å². The zero-order valence-corrected chi connectivity index (χ0v) is 36.1. The number of pyridine rings is 1.